The Morgan fingerprint density at radius 2 is 1.27 bits per heavy atom. The molecule has 3 amide bonds. The van der Waals surface area contributed by atoms with Crippen molar-refractivity contribution in [3.63, 3.8) is 0 Å². The number of nitrogens with one attached hydrogen (secondary N) is 3. The number of unbranched alkanes of at least 4 members (excludes halogenated alkanes) is 1. The fraction of sp³-hybridized carbons (Fsp3) is 0.826. The maximum Gasteiger partial charge on any atom is 0.326 e. The van der Waals surface area contributed by atoms with E-state index < -0.39 is 47.9 Å². The van der Waals surface area contributed by atoms with E-state index in [-0.39, 0.29) is 24.2 Å². The van der Waals surface area contributed by atoms with Gasteiger partial charge in [-0.15, -0.1) is 0 Å². The highest BCUT2D eigenvalue weighted by Gasteiger charge is 2.32. The normalized spacial score (nSPS) is 15.1. The number of hydrogen-bond acceptors (Lipinski definition) is 6. The molecule has 0 bridgehead atoms. The van der Waals surface area contributed by atoms with Crippen LogP contribution in [-0.2, 0) is 19.2 Å². The Morgan fingerprint density at radius 1 is 0.758 bits per heavy atom. The summed E-state index contributed by atoms with van der Waals surface area (Å²) in [4.78, 5) is 49.9. The van der Waals surface area contributed by atoms with Crippen LogP contribution < -0.4 is 27.4 Å². The highest BCUT2D eigenvalue weighted by atomic mass is 16.4. The maximum atomic E-state index is 13.0. The Morgan fingerprint density at radius 3 is 1.73 bits per heavy atom. The fourth-order valence-electron chi connectivity index (χ4n) is 3.36. The van der Waals surface area contributed by atoms with E-state index in [1.165, 1.54) is 0 Å². The van der Waals surface area contributed by atoms with Crippen molar-refractivity contribution in [3.8, 4) is 0 Å². The van der Waals surface area contributed by atoms with E-state index in [0.717, 1.165) is 6.42 Å². The van der Waals surface area contributed by atoms with Gasteiger partial charge in [0, 0.05) is 0 Å². The molecule has 10 nitrogen and oxygen atoms in total. The number of carbonyl (C=O) groups is 4. The second-order valence-electron chi connectivity index (χ2n) is 9.84. The van der Waals surface area contributed by atoms with Crippen molar-refractivity contribution >= 4 is 23.7 Å². The third-order valence-electron chi connectivity index (χ3n) is 5.21. The van der Waals surface area contributed by atoms with E-state index in [0.29, 0.717) is 25.8 Å². The molecule has 0 rings (SSSR count). The number of amides is 3. The predicted octanol–water partition coefficient (Wildman–Crippen LogP) is 0.730. The van der Waals surface area contributed by atoms with Gasteiger partial charge in [-0.05, 0) is 50.0 Å². The summed E-state index contributed by atoms with van der Waals surface area (Å²) in [5.41, 5.74) is 11.4. The molecule has 0 saturated carbocycles. The average Bonchev–Trinajstić information content (AvgIpc) is 2.69. The number of aliphatic carboxylic acids is 1. The zero-order valence-corrected chi connectivity index (χ0v) is 21.0. The van der Waals surface area contributed by atoms with Gasteiger partial charge in [0.05, 0.1) is 6.04 Å². The number of nitrogens with two attached hydrogens (primary N) is 2. The minimum atomic E-state index is -1.12. The van der Waals surface area contributed by atoms with Crippen molar-refractivity contribution in [1.29, 1.82) is 0 Å². The molecule has 8 N–H and O–H groups in total. The highest BCUT2D eigenvalue weighted by molar-refractivity contribution is 5.94. The summed E-state index contributed by atoms with van der Waals surface area (Å²) in [7, 11) is 0. The molecule has 0 heterocycles. The van der Waals surface area contributed by atoms with Crippen molar-refractivity contribution in [2.24, 2.45) is 29.2 Å². The van der Waals surface area contributed by atoms with Crippen LogP contribution in [0.3, 0.4) is 0 Å². The van der Waals surface area contributed by atoms with Gasteiger partial charge in [0.15, 0.2) is 0 Å². The first-order valence-corrected chi connectivity index (χ1v) is 11.9. The molecule has 0 radical (unpaired) electrons. The van der Waals surface area contributed by atoms with Gasteiger partial charge in [0.25, 0.3) is 0 Å². The lowest BCUT2D eigenvalue weighted by molar-refractivity contribution is -0.143. The van der Waals surface area contributed by atoms with Crippen molar-refractivity contribution < 1.29 is 24.3 Å². The van der Waals surface area contributed by atoms with Gasteiger partial charge in [-0.2, -0.15) is 0 Å². The number of carboxylic acids is 1. The molecule has 4 atom stereocenters. The molecule has 192 valence electrons. The Hall–Kier alpha value is -2.20. The van der Waals surface area contributed by atoms with E-state index in [1.54, 1.807) is 13.8 Å². The average molecular weight is 472 g/mol. The van der Waals surface area contributed by atoms with Crippen LogP contribution in [0.5, 0.6) is 0 Å². The smallest absolute Gasteiger partial charge is 0.326 e. The van der Waals surface area contributed by atoms with Crippen molar-refractivity contribution in [2.45, 2.75) is 97.8 Å². The molecule has 0 aromatic heterocycles. The highest BCUT2D eigenvalue weighted by Crippen LogP contribution is 2.11. The van der Waals surface area contributed by atoms with E-state index in [2.05, 4.69) is 16.0 Å². The Bertz CT molecular complexity index is 639. The van der Waals surface area contributed by atoms with Crippen LogP contribution in [0.1, 0.15) is 73.6 Å². The molecule has 10 heteroatoms. The van der Waals surface area contributed by atoms with E-state index in [1.807, 2.05) is 27.7 Å². The van der Waals surface area contributed by atoms with Crippen LogP contribution in [0.25, 0.3) is 0 Å². The second kappa shape index (κ2) is 15.6. The van der Waals surface area contributed by atoms with Crippen molar-refractivity contribution in [1.82, 2.24) is 16.0 Å². The Kier molecular flexibility index (Phi) is 14.6. The van der Waals surface area contributed by atoms with Crippen LogP contribution in [0.4, 0.5) is 0 Å². The molecule has 0 aliphatic rings. The Labute approximate surface area is 198 Å². The zero-order valence-electron chi connectivity index (χ0n) is 21.0. The Balaban J connectivity index is 5.34. The lowest BCUT2D eigenvalue weighted by Gasteiger charge is -2.28. The van der Waals surface area contributed by atoms with E-state index in [9.17, 15) is 24.3 Å². The molecule has 4 unspecified atom stereocenters. The lowest BCUT2D eigenvalue weighted by atomic mass is 9.98. The molecule has 0 aromatic carbocycles. The summed E-state index contributed by atoms with van der Waals surface area (Å²) in [6, 6.07) is -3.61. The summed E-state index contributed by atoms with van der Waals surface area (Å²) in [5.74, 6) is -2.74. The molecular weight excluding hydrogens is 426 g/mol. The number of rotatable bonds is 16. The number of carbonyl (C=O) groups excluding carboxylic acids is 3. The van der Waals surface area contributed by atoms with Crippen molar-refractivity contribution in [2.75, 3.05) is 6.54 Å². The molecule has 0 aliphatic heterocycles. The van der Waals surface area contributed by atoms with E-state index in [4.69, 9.17) is 11.5 Å². The molecule has 0 aromatic rings. The summed E-state index contributed by atoms with van der Waals surface area (Å²) in [6.45, 7) is 11.6. The minimum absolute atomic E-state index is 0.0671. The first kappa shape index (κ1) is 30.8. The molecule has 0 spiro atoms. The third kappa shape index (κ3) is 12.6. The lowest BCUT2D eigenvalue weighted by Crippen LogP contribution is -2.58. The molecule has 0 saturated heterocycles. The van der Waals surface area contributed by atoms with Gasteiger partial charge in [0.1, 0.15) is 18.1 Å². The van der Waals surface area contributed by atoms with Crippen LogP contribution >= 0.6 is 0 Å². The summed E-state index contributed by atoms with van der Waals surface area (Å²) < 4.78 is 0. The monoisotopic (exact) mass is 471 g/mol. The van der Waals surface area contributed by atoms with Gasteiger partial charge in [0.2, 0.25) is 17.7 Å². The maximum absolute atomic E-state index is 13.0. The van der Waals surface area contributed by atoms with Gasteiger partial charge in [-0.25, -0.2) is 4.79 Å². The first-order valence-electron chi connectivity index (χ1n) is 11.9. The van der Waals surface area contributed by atoms with Crippen LogP contribution in [0.2, 0.25) is 0 Å². The van der Waals surface area contributed by atoms with Crippen LogP contribution in [0, 0.1) is 17.8 Å². The third-order valence-corrected chi connectivity index (χ3v) is 5.21. The summed E-state index contributed by atoms with van der Waals surface area (Å²) >= 11 is 0. The molecular formula is C23H45N5O5. The van der Waals surface area contributed by atoms with Crippen molar-refractivity contribution in [3.05, 3.63) is 0 Å². The minimum Gasteiger partial charge on any atom is -0.480 e. The van der Waals surface area contributed by atoms with Crippen LogP contribution in [-0.4, -0.2) is 59.5 Å². The van der Waals surface area contributed by atoms with Gasteiger partial charge < -0.3 is 32.5 Å². The fourth-order valence-corrected chi connectivity index (χ4v) is 3.36. The first-order chi connectivity index (χ1) is 15.3. The number of hydrogen-bond donors (Lipinski definition) is 6. The standard InChI is InChI=1S/C23H45N5O5/c1-13(2)11-17(21(30)27-18(23(32)33)12-14(3)4)26-22(31)19(15(5)6)28-20(29)16(25)9-7-8-10-24/h13-19H,7-12,24-25H2,1-6H3,(H,26,31)(H,27,30)(H,28,29)(H,32,33). The van der Waals surface area contributed by atoms with Gasteiger partial charge in [-0.1, -0.05) is 48.0 Å². The predicted molar refractivity (Wildman–Crippen MR) is 128 cm³/mol. The van der Waals surface area contributed by atoms with Crippen LogP contribution in [0.15, 0.2) is 0 Å². The molecule has 0 aliphatic carbocycles. The zero-order chi connectivity index (χ0) is 25.7. The quantitative estimate of drug-likeness (QED) is 0.180. The van der Waals surface area contributed by atoms with Gasteiger partial charge >= 0.3 is 5.97 Å². The van der Waals surface area contributed by atoms with E-state index >= 15 is 0 Å². The molecule has 0 fully saturated rings. The summed E-state index contributed by atoms with van der Waals surface area (Å²) in [5, 5.41) is 17.4. The summed E-state index contributed by atoms with van der Waals surface area (Å²) in [6.07, 6.45) is 2.52. The molecule has 33 heavy (non-hydrogen) atoms. The number of carboxylic acid groups (broad SMARTS) is 1. The SMILES string of the molecule is CC(C)CC(NC(=O)C(CC(C)C)NC(=O)C(NC(=O)C(N)CCCCN)C(C)C)C(=O)O. The van der Waals surface area contributed by atoms with Gasteiger partial charge in [-0.3, -0.25) is 14.4 Å². The second-order valence-corrected chi connectivity index (χ2v) is 9.84. The largest absolute Gasteiger partial charge is 0.480 e. The topological polar surface area (TPSA) is 177 Å².